The summed E-state index contributed by atoms with van der Waals surface area (Å²) in [4.78, 5) is 14.3. The number of rotatable bonds is 8. The maximum absolute atomic E-state index is 12.0. The number of hydrogen-bond acceptors (Lipinski definition) is 4. The first-order valence-electron chi connectivity index (χ1n) is 7.93. The molecule has 2 atom stereocenters. The van der Waals surface area contributed by atoms with E-state index in [4.69, 9.17) is 4.74 Å². The fourth-order valence-electron chi connectivity index (χ4n) is 2.90. The number of ether oxygens (including phenoxy) is 1. The van der Waals surface area contributed by atoms with Crippen LogP contribution in [0.2, 0.25) is 0 Å². The van der Waals surface area contributed by atoms with Gasteiger partial charge in [-0.05, 0) is 24.9 Å². The van der Waals surface area contributed by atoms with Gasteiger partial charge in [0, 0.05) is 26.2 Å². The molecule has 1 amide bonds. The summed E-state index contributed by atoms with van der Waals surface area (Å²) >= 11 is 0. The van der Waals surface area contributed by atoms with E-state index in [9.17, 15) is 9.90 Å². The number of nitrogens with one attached hydrogen (secondary N) is 1. The normalized spacial score (nSPS) is 20.0. The van der Waals surface area contributed by atoms with Gasteiger partial charge in [-0.2, -0.15) is 0 Å². The molecule has 0 bridgehead atoms. The van der Waals surface area contributed by atoms with Crippen molar-refractivity contribution in [3.05, 3.63) is 35.9 Å². The van der Waals surface area contributed by atoms with E-state index in [0.717, 1.165) is 38.1 Å². The number of methoxy groups -OCH3 is 1. The molecule has 0 aromatic heterocycles. The summed E-state index contributed by atoms with van der Waals surface area (Å²) < 4.78 is 5.12. The second-order valence-corrected chi connectivity index (χ2v) is 5.76. The summed E-state index contributed by atoms with van der Waals surface area (Å²) in [5.41, 5.74) is 0.778. The van der Waals surface area contributed by atoms with Gasteiger partial charge in [-0.1, -0.05) is 30.3 Å². The molecule has 1 fully saturated rings. The standard InChI is InChI=1S/C17H26N2O3/c1-22-11-10-19-9-5-8-15(19)13-18-17(21)12-16(20)14-6-3-2-4-7-14/h2-4,6-7,15-16,20H,5,8-13H2,1H3,(H,18,21). The van der Waals surface area contributed by atoms with Crippen LogP contribution < -0.4 is 5.32 Å². The van der Waals surface area contributed by atoms with Crippen molar-refractivity contribution in [3.8, 4) is 0 Å². The van der Waals surface area contributed by atoms with Gasteiger partial charge in [0.15, 0.2) is 0 Å². The molecule has 5 nitrogen and oxygen atoms in total. The van der Waals surface area contributed by atoms with Crippen molar-refractivity contribution in [2.24, 2.45) is 0 Å². The van der Waals surface area contributed by atoms with Crippen LogP contribution in [0.1, 0.15) is 30.9 Å². The van der Waals surface area contributed by atoms with E-state index in [1.54, 1.807) is 7.11 Å². The fourth-order valence-corrected chi connectivity index (χ4v) is 2.90. The second-order valence-electron chi connectivity index (χ2n) is 5.76. The zero-order chi connectivity index (χ0) is 15.8. The maximum atomic E-state index is 12.0. The minimum absolute atomic E-state index is 0.102. The predicted molar refractivity (Wildman–Crippen MR) is 85.5 cm³/mol. The third-order valence-corrected chi connectivity index (χ3v) is 4.18. The van der Waals surface area contributed by atoms with E-state index in [1.807, 2.05) is 30.3 Å². The molecule has 1 aromatic carbocycles. The Hall–Kier alpha value is -1.43. The summed E-state index contributed by atoms with van der Waals surface area (Å²) in [7, 11) is 1.71. The van der Waals surface area contributed by atoms with Crippen molar-refractivity contribution in [1.82, 2.24) is 10.2 Å². The van der Waals surface area contributed by atoms with Gasteiger partial charge in [0.25, 0.3) is 0 Å². The van der Waals surface area contributed by atoms with Gasteiger partial charge < -0.3 is 15.2 Å². The smallest absolute Gasteiger partial charge is 0.223 e. The van der Waals surface area contributed by atoms with Crippen LogP contribution in [0.15, 0.2) is 30.3 Å². The van der Waals surface area contributed by atoms with Crippen LogP contribution >= 0.6 is 0 Å². The number of aliphatic hydroxyl groups is 1. The summed E-state index contributed by atoms with van der Waals surface area (Å²) in [6.45, 7) is 3.33. The average molecular weight is 306 g/mol. The zero-order valence-corrected chi connectivity index (χ0v) is 13.2. The van der Waals surface area contributed by atoms with E-state index in [2.05, 4.69) is 10.2 Å². The number of nitrogens with zero attached hydrogens (tertiary/aromatic N) is 1. The molecule has 1 aliphatic rings. The number of carbonyl (C=O) groups excluding carboxylic acids is 1. The van der Waals surface area contributed by atoms with Gasteiger partial charge in [0.2, 0.25) is 5.91 Å². The molecular formula is C17H26N2O3. The molecule has 1 heterocycles. The highest BCUT2D eigenvalue weighted by Crippen LogP contribution is 2.17. The quantitative estimate of drug-likeness (QED) is 0.761. The van der Waals surface area contributed by atoms with Crippen LogP contribution in [0.3, 0.4) is 0 Å². The number of carbonyl (C=O) groups is 1. The van der Waals surface area contributed by atoms with Crippen LogP contribution in [0.25, 0.3) is 0 Å². The first-order valence-corrected chi connectivity index (χ1v) is 7.93. The first kappa shape index (κ1) is 16.9. The monoisotopic (exact) mass is 306 g/mol. The molecule has 5 heteroatoms. The lowest BCUT2D eigenvalue weighted by Crippen LogP contribution is -2.41. The van der Waals surface area contributed by atoms with Crippen molar-refractivity contribution in [3.63, 3.8) is 0 Å². The summed E-state index contributed by atoms with van der Waals surface area (Å²) in [5.74, 6) is -0.102. The van der Waals surface area contributed by atoms with Crippen LogP contribution in [0.4, 0.5) is 0 Å². The molecule has 1 aliphatic heterocycles. The molecule has 0 aliphatic carbocycles. The Morgan fingerprint density at radius 3 is 2.95 bits per heavy atom. The highest BCUT2D eigenvalue weighted by atomic mass is 16.5. The van der Waals surface area contributed by atoms with Gasteiger partial charge in [0.05, 0.1) is 19.1 Å². The van der Waals surface area contributed by atoms with E-state index >= 15 is 0 Å². The molecule has 1 saturated heterocycles. The number of aliphatic hydroxyl groups excluding tert-OH is 1. The predicted octanol–water partition coefficient (Wildman–Crippen LogP) is 1.34. The largest absolute Gasteiger partial charge is 0.388 e. The lowest BCUT2D eigenvalue weighted by molar-refractivity contribution is -0.123. The van der Waals surface area contributed by atoms with Crippen molar-refractivity contribution >= 4 is 5.91 Å². The molecular weight excluding hydrogens is 280 g/mol. The highest BCUT2D eigenvalue weighted by molar-refractivity contribution is 5.76. The Balaban J connectivity index is 1.73. The highest BCUT2D eigenvalue weighted by Gasteiger charge is 2.24. The van der Waals surface area contributed by atoms with Crippen LogP contribution in [0, 0.1) is 0 Å². The van der Waals surface area contributed by atoms with E-state index < -0.39 is 6.10 Å². The van der Waals surface area contributed by atoms with Gasteiger partial charge in [-0.15, -0.1) is 0 Å². The first-order chi connectivity index (χ1) is 10.7. The minimum Gasteiger partial charge on any atom is -0.388 e. The summed E-state index contributed by atoms with van der Waals surface area (Å²) in [6.07, 6.45) is 1.63. The van der Waals surface area contributed by atoms with Gasteiger partial charge >= 0.3 is 0 Å². The van der Waals surface area contributed by atoms with E-state index in [0.29, 0.717) is 12.6 Å². The van der Waals surface area contributed by atoms with Crippen molar-refractivity contribution in [2.45, 2.75) is 31.4 Å². The SMILES string of the molecule is COCCN1CCCC1CNC(=O)CC(O)c1ccccc1. The Morgan fingerprint density at radius 2 is 2.23 bits per heavy atom. The van der Waals surface area contributed by atoms with Gasteiger partial charge in [-0.3, -0.25) is 9.69 Å². The molecule has 0 radical (unpaired) electrons. The molecule has 0 saturated carbocycles. The number of hydrogen-bond donors (Lipinski definition) is 2. The third kappa shape index (κ3) is 5.09. The second kappa shape index (κ2) is 8.88. The topological polar surface area (TPSA) is 61.8 Å². The molecule has 122 valence electrons. The molecule has 0 spiro atoms. The maximum Gasteiger partial charge on any atom is 0.223 e. The Bertz CT molecular complexity index is 452. The van der Waals surface area contributed by atoms with Crippen molar-refractivity contribution < 1.29 is 14.6 Å². The van der Waals surface area contributed by atoms with E-state index in [1.165, 1.54) is 0 Å². The summed E-state index contributed by atoms with van der Waals surface area (Å²) in [6, 6.07) is 9.67. The lowest BCUT2D eigenvalue weighted by atomic mass is 10.1. The fraction of sp³-hybridized carbons (Fsp3) is 0.588. The van der Waals surface area contributed by atoms with Crippen LogP contribution in [-0.4, -0.2) is 55.3 Å². The molecule has 2 unspecified atom stereocenters. The van der Waals surface area contributed by atoms with Crippen molar-refractivity contribution in [1.29, 1.82) is 0 Å². The Kier molecular flexibility index (Phi) is 6.83. The third-order valence-electron chi connectivity index (χ3n) is 4.18. The van der Waals surface area contributed by atoms with E-state index in [-0.39, 0.29) is 12.3 Å². The lowest BCUT2D eigenvalue weighted by Gasteiger charge is -2.24. The molecule has 1 aromatic rings. The van der Waals surface area contributed by atoms with Crippen molar-refractivity contribution in [2.75, 3.05) is 33.4 Å². The Labute approximate surface area is 132 Å². The molecule has 2 rings (SSSR count). The zero-order valence-electron chi connectivity index (χ0n) is 13.2. The van der Waals surface area contributed by atoms with Gasteiger partial charge in [0.1, 0.15) is 0 Å². The number of amides is 1. The van der Waals surface area contributed by atoms with Crippen LogP contribution in [0.5, 0.6) is 0 Å². The molecule has 22 heavy (non-hydrogen) atoms. The molecule has 2 N–H and O–H groups in total. The number of likely N-dealkylation sites (tertiary alicyclic amines) is 1. The minimum atomic E-state index is -0.741. The summed E-state index contributed by atoms with van der Waals surface area (Å²) in [5, 5.41) is 13.0. The van der Waals surface area contributed by atoms with Gasteiger partial charge in [-0.25, -0.2) is 0 Å². The van der Waals surface area contributed by atoms with Crippen LogP contribution in [-0.2, 0) is 9.53 Å². The Morgan fingerprint density at radius 1 is 1.45 bits per heavy atom. The number of benzene rings is 1. The average Bonchev–Trinajstić information content (AvgIpc) is 2.99.